The van der Waals surface area contributed by atoms with E-state index in [0.29, 0.717) is 15.0 Å². The van der Waals surface area contributed by atoms with E-state index in [4.69, 9.17) is 11.6 Å². The molecule has 3 aromatic rings. The Morgan fingerprint density at radius 1 is 1.35 bits per heavy atom. The van der Waals surface area contributed by atoms with E-state index in [1.165, 1.54) is 16.2 Å². The van der Waals surface area contributed by atoms with Crippen molar-refractivity contribution >= 4 is 55.4 Å². The van der Waals surface area contributed by atoms with Gasteiger partial charge in [0.15, 0.2) is 5.13 Å². The molecule has 0 saturated carbocycles. The van der Waals surface area contributed by atoms with Crippen LogP contribution in [0.2, 0.25) is 5.02 Å². The lowest BCUT2D eigenvalue weighted by atomic mass is 10.2. The Balaban J connectivity index is 1.57. The Bertz CT molecular complexity index is 902. The molecule has 118 valence electrons. The van der Waals surface area contributed by atoms with Gasteiger partial charge >= 0.3 is 0 Å². The summed E-state index contributed by atoms with van der Waals surface area (Å²) in [5.74, 6) is -0.109. The zero-order valence-electron chi connectivity index (χ0n) is 12.4. The van der Waals surface area contributed by atoms with E-state index in [1.54, 1.807) is 11.3 Å². The fraction of sp³-hybridized carbons (Fsp3) is 0.250. The predicted octanol–water partition coefficient (Wildman–Crippen LogP) is 4.25. The maximum atomic E-state index is 12.5. The fourth-order valence-corrected chi connectivity index (χ4v) is 4.97. The number of rotatable bonds is 2. The molecule has 1 aliphatic heterocycles. The number of thiazole rings is 1. The van der Waals surface area contributed by atoms with Gasteiger partial charge in [0.25, 0.3) is 5.91 Å². The number of nitrogens with zero attached hydrogens (tertiary/aromatic N) is 2. The maximum Gasteiger partial charge on any atom is 0.267 e. The molecule has 0 aliphatic carbocycles. The first-order chi connectivity index (χ1) is 11.1. The minimum absolute atomic E-state index is 0.109. The largest absolute Gasteiger partial charge is 0.301 e. The van der Waals surface area contributed by atoms with E-state index in [-0.39, 0.29) is 5.91 Å². The van der Waals surface area contributed by atoms with Gasteiger partial charge in [0, 0.05) is 34.1 Å². The summed E-state index contributed by atoms with van der Waals surface area (Å²) in [6.07, 6.45) is 0.944. The van der Waals surface area contributed by atoms with Crippen LogP contribution in [0.3, 0.4) is 0 Å². The van der Waals surface area contributed by atoms with E-state index in [1.807, 2.05) is 24.3 Å². The number of benzene rings is 1. The lowest BCUT2D eigenvalue weighted by Crippen LogP contribution is -2.25. The first kappa shape index (κ1) is 15.1. The van der Waals surface area contributed by atoms with E-state index in [2.05, 4.69) is 22.2 Å². The van der Waals surface area contributed by atoms with E-state index < -0.39 is 0 Å². The summed E-state index contributed by atoms with van der Waals surface area (Å²) in [7, 11) is 2.10. The fourth-order valence-electron chi connectivity index (χ4n) is 2.65. The molecule has 0 unspecified atom stereocenters. The zero-order chi connectivity index (χ0) is 16.0. The third-order valence-electron chi connectivity index (χ3n) is 3.85. The minimum Gasteiger partial charge on any atom is -0.301 e. The molecular weight excluding hydrogens is 350 g/mol. The lowest BCUT2D eigenvalue weighted by Gasteiger charge is -2.20. The van der Waals surface area contributed by atoms with Gasteiger partial charge in [-0.3, -0.25) is 10.1 Å². The molecule has 3 heterocycles. The molecule has 1 amide bonds. The van der Waals surface area contributed by atoms with Crippen molar-refractivity contribution in [2.45, 2.75) is 13.0 Å². The number of halogens is 1. The van der Waals surface area contributed by atoms with Crippen LogP contribution in [0.15, 0.2) is 24.3 Å². The van der Waals surface area contributed by atoms with Crippen LogP contribution in [-0.4, -0.2) is 29.4 Å². The molecule has 2 aromatic heterocycles. The second kappa shape index (κ2) is 5.87. The van der Waals surface area contributed by atoms with Crippen molar-refractivity contribution in [2.24, 2.45) is 0 Å². The van der Waals surface area contributed by atoms with Gasteiger partial charge in [0.2, 0.25) is 0 Å². The minimum atomic E-state index is -0.109. The first-order valence-corrected chi connectivity index (χ1v) is 9.27. The van der Waals surface area contributed by atoms with E-state index >= 15 is 0 Å². The summed E-state index contributed by atoms with van der Waals surface area (Å²) < 4.78 is 1.02. The van der Waals surface area contributed by atoms with Crippen LogP contribution >= 0.6 is 34.3 Å². The maximum absolute atomic E-state index is 12.5. The average Bonchev–Trinajstić information content (AvgIpc) is 3.09. The van der Waals surface area contributed by atoms with Crippen LogP contribution in [0.4, 0.5) is 5.13 Å². The van der Waals surface area contributed by atoms with E-state index in [9.17, 15) is 4.79 Å². The van der Waals surface area contributed by atoms with Gasteiger partial charge in [-0.05, 0) is 30.6 Å². The molecule has 23 heavy (non-hydrogen) atoms. The lowest BCUT2D eigenvalue weighted by molar-refractivity contribution is 0.103. The molecule has 0 bridgehead atoms. The monoisotopic (exact) mass is 363 g/mol. The van der Waals surface area contributed by atoms with Gasteiger partial charge in [0.05, 0.1) is 10.6 Å². The second-order valence-corrected chi connectivity index (χ2v) is 8.23. The summed E-state index contributed by atoms with van der Waals surface area (Å²) >= 11 is 9.02. The molecule has 0 radical (unpaired) electrons. The predicted molar refractivity (Wildman–Crippen MR) is 96.9 cm³/mol. The van der Waals surface area contributed by atoms with Crippen molar-refractivity contribution in [1.82, 2.24) is 9.88 Å². The van der Waals surface area contributed by atoms with Gasteiger partial charge in [-0.25, -0.2) is 4.98 Å². The molecule has 7 heteroatoms. The Hall–Kier alpha value is -1.47. The van der Waals surface area contributed by atoms with Crippen molar-refractivity contribution in [2.75, 3.05) is 18.9 Å². The third kappa shape index (κ3) is 2.99. The normalized spacial score (nSPS) is 14.9. The molecule has 0 fully saturated rings. The first-order valence-electron chi connectivity index (χ1n) is 7.26. The highest BCUT2D eigenvalue weighted by Crippen LogP contribution is 2.31. The van der Waals surface area contributed by atoms with Crippen LogP contribution in [-0.2, 0) is 13.0 Å². The number of thiophene rings is 1. The quantitative estimate of drug-likeness (QED) is 0.740. The van der Waals surface area contributed by atoms with Crippen molar-refractivity contribution in [3.05, 3.63) is 44.7 Å². The molecule has 1 N–H and O–H groups in total. The number of carbonyl (C=O) groups is 1. The number of aromatic nitrogens is 1. The molecule has 4 rings (SSSR count). The highest BCUT2D eigenvalue weighted by molar-refractivity contribution is 7.21. The number of hydrogen-bond acceptors (Lipinski definition) is 5. The topological polar surface area (TPSA) is 45.2 Å². The van der Waals surface area contributed by atoms with E-state index in [0.717, 1.165) is 35.3 Å². The van der Waals surface area contributed by atoms with Crippen LogP contribution in [0.25, 0.3) is 10.1 Å². The molecule has 0 spiro atoms. The number of hydrogen-bond donors (Lipinski definition) is 1. The molecule has 1 aliphatic rings. The van der Waals surface area contributed by atoms with Gasteiger partial charge < -0.3 is 4.90 Å². The number of amides is 1. The Kier molecular flexibility index (Phi) is 3.85. The van der Waals surface area contributed by atoms with Crippen molar-refractivity contribution < 1.29 is 4.79 Å². The number of likely N-dealkylation sites (N-methyl/N-ethyl adjacent to an activating group) is 1. The number of fused-ring (bicyclic) bond motifs is 2. The highest BCUT2D eigenvalue weighted by Gasteiger charge is 2.20. The molecule has 4 nitrogen and oxygen atoms in total. The van der Waals surface area contributed by atoms with Crippen LogP contribution in [0.1, 0.15) is 20.2 Å². The van der Waals surface area contributed by atoms with Crippen LogP contribution in [0.5, 0.6) is 0 Å². The van der Waals surface area contributed by atoms with Crippen molar-refractivity contribution in [3.8, 4) is 0 Å². The molecule has 0 atom stereocenters. The second-order valence-electron chi connectivity index (χ2n) is 5.62. The highest BCUT2D eigenvalue weighted by atomic mass is 35.5. The van der Waals surface area contributed by atoms with Crippen molar-refractivity contribution in [1.29, 1.82) is 0 Å². The number of anilines is 1. The SMILES string of the molecule is CN1CCc2nc(NC(=O)c3cc4ccc(Cl)cc4s3)sc2C1. The van der Waals surface area contributed by atoms with Gasteiger partial charge in [-0.2, -0.15) is 0 Å². The summed E-state index contributed by atoms with van der Waals surface area (Å²) in [5.41, 5.74) is 1.12. The summed E-state index contributed by atoms with van der Waals surface area (Å²) in [6.45, 7) is 1.92. The summed E-state index contributed by atoms with van der Waals surface area (Å²) in [6, 6.07) is 7.55. The van der Waals surface area contributed by atoms with Gasteiger partial charge in [0.1, 0.15) is 0 Å². The Morgan fingerprint density at radius 3 is 3.09 bits per heavy atom. The number of nitrogens with one attached hydrogen (secondary N) is 1. The molecule has 1 aromatic carbocycles. The van der Waals surface area contributed by atoms with Gasteiger partial charge in [-0.15, -0.1) is 22.7 Å². The smallest absolute Gasteiger partial charge is 0.267 e. The van der Waals surface area contributed by atoms with Crippen LogP contribution in [0, 0.1) is 0 Å². The number of carbonyl (C=O) groups excluding carboxylic acids is 1. The Morgan fingerprint density at radius 2 is 2.22 bits per heavy atom. The average molecular weight is 364 g/mol. The summed E-state index contributed by atoms with van der Waals surface area (Å²) in [4.78, 5) is 21.2. The van der Waals surface area contributed by atoms with Crippen LogP contribution < -0.4 is 5.32 Å². The Labute approximate surface area is 146 Å². The third-order valence-corrected chi connectivity index (χ3v) is 6.18. The standard InChI is InChI=1S/C16H14ClN3OS2/c1-20-5-4-11-14(8-20)23-16(18-11)19-15(21)13-6-9-2-3-10(17)7-12(9)22-13/h2-3,6-7H,4-5,8H2,1H3,(H,18,19,21). The zero-order valence-corrected chi connectivity index (χ0v) is 14.8. The molecular formula is C16H14ClN3OS2. The molecule has 0 saturated heterocycles. The van der Waals surface area contributed by atoms with Gasteiger partial charge in [-0.1, -0.05) is 17.7 Å². The van der Waals surface area contributed by atoms with Crippen molar-refractivity contribution in [3.63, 3.8) is 0 Å². The summed E-state index contributed by atoms with van der Waals surface area (Å²) in [5, 5.41) is 5.33.